The summed E-state index contributed by atoms with van der Waals surface area (Å²) in [6, 6.07) is 5.09. The van der Waals surface area contributed by atoms with Gasteiger partial charge in [0.1, 0.15) is 5.75 Å². The van der Waals surface area contributed by atoms with Crippen LogP contribution in [0.15, 0.2) is 22.7 Å². The van der Waals surface area contributed by atoms with Gasteiger partial charge in [-0.1, -0.05) is 6.92 Å². The second kappa shape index (κ2) is 6.20. The Morgan fingerprint density at radius 1 is 1.56 bits per heavy atom. The van der Waals surface area contributed by atoms with Crippen LogP contribution < -0.4 is 10.1 Å². The molecule has 1 aromatic carbocycles. The highest BCUT2D eigenvalue weighted by Crippen LogP contribution is 2.25. The summed E-state index contributed by atoms with van der Waals surface area (Å²) in [6.07, 6.45) is 0.583. The molecule has 0 aromatic heterocycles. The second-order valence-electron chi connectivity index (χ2n) is 4.38. The zero-order valence-corrected chi connectivity index (χ0v) is 12.4. The van der Waals surface area contributed by atoms with E-state index in [4.69, 9.17) is 4.74 Å². The summed E-state index contributed by atoms with van der Waals surface area (Å²) in [5, 5.41) is 12.5. The molecule has 4 nitrogen and oxygen atoms in total. The minimum Gasteiger partial charge on any atom is -0.496 e. The molecule has 2 N–H and O–H groups in total. The first-order chi connectivity index (χ1) is 8.39. The molecule has 1 rings (SSSR count). The molecule has 18 heavy (non-hydrogen) atoms. The molecule has 0 aliphatic carbocycles. The first-order valence-electron chi connectivity index (χ1n) is 5.73. The molecule has 1 aromatic rings. The van der Waals surface area contributed by atoms with Gasteiger partial charge in [-0.15, -0.1) is 0 Å². The number of ether oxygens (including phenoxy) is 1. The molecule has 0 fully saturated rings. The number of amides is 1. The maximum Gasteiger partial charge on any atom is 0.251 e. The minimum atomic E-state index is -0.876. The van der Waals surface area contributed by atoms with Crippen LogP contribution in [0, 0.1) is 0 Å². The van der Waals surface area contributed by atoms with E-state index in [0.717, 1.165) is 4.47 Å². The summed E-state index contributed by atoms with van der Waals surface area (Å²) in [5.74, 6) is 0.458. The van der Waals surface area contributed by atoms with Crippen LogP contribution in [0.1, 0.15) is 30.6 Å². The fourth-order valence-corrected chi connectivity index (χ4v) is 1.85. The van der Waals surface area contributed by atoms with Gasteiger partial charge in [-0.25, -0.2) is 0 Å². The lowest BCUT2D eigenvalue weighted by Gasteiger charge is -2.21. The van der Waals surface area contributed by atoms with Crippen LogP contribution in [-0.2, 0) is 0 Å². The van der Waals surface area contributed by atoms with Gasteiger partial charge >= 0.3 is 0 Å². The molecule has 0 spiro atoms. The molecule has 0 radical (unpaired) electrons. The predicted molar refractivity (Wildman–Crippen MR) is 73.9 cm³/mol. The van der Waals surface area contributed by atoms with Gasteiger partial charge in [0.2, 0.25) is 0 Å². The standard InChI is InChI=1S/C13H18BrNO3/c1-4-13(2,17)8-15-12(16)9-5-6-11(18-3)10(14)7-9/h5-7,17H,4,8H2,1-3H3,(H,15,16). The Kier molecular flexibility index (Phi) is 5.16. The lowest BCUT2D eigenvalue weighted by molar-refractivity contribution is 0.0518. The molecule has 1 amide bonds. The van der Waals surface area contributed by atoms with Gasteiger partial charge < -0.3 is 15.2 Å². The van der Waals surface area contributed by atoms with E-state index in [2.05, 4.69) is 21.2 Å². The fraction of sp³-hybridized carbons (Fsp3) is 0.462. The van der Waals surface area contributed by atoms with Crippen molar-refractivity contribution in [2.24, 2.45) is 0 Å². The van der Waals surface area contributed by atoms with E-state index in [1.165, 1.54) is 0 Å². The highest BCUT2D eigenvalue weighted by molar-refractivity contribution is 9.10. The number of carbonyl (C=O) groups excluding carboxylic acids is 1. The van der Waals surface area contributed by atoms with Gasteiger partial charge in [-0.05, 0) is 47.5 Å². The lowest BCUT2D eigenvalue weighted by Crippen LogP contribution is -2.40. The normalized spacial score (nSPS) is 13.8. The van der Waals surface area contributed by atoms with Crippen molar-refractivity contribution in [3.05, 3.63) is 28.2 Å². The van der Waals surface area contributed by atoms with Gasteiger partial charge in [0.05, 0.1) is 17.2 Å². The third-order valence-corrected chi connectivity index (χ3v) is 3.43. The quantitative estimate of drug-likeness (QED) is 0.877. The van der Waals surface area contributed by atoms with Crippen molar-refractivity contribution in [1.82, 2.24) is 5.32 Å². The molecule has 1 unspecified atom stereocenters. The van der Waals surface area contributed by atoms with E-state index in [0.29, 0.717) is 17.7 Å². The molecular formula is C13H18BrNO3. The fourth-order valence-electron chi connectivity index (χ4n) is 1.31. The highest BCUT2D eigenvalue weighted by atomic mass is 79.9. The van der Waals surface area contributed by atoms with Crippen molar-refractivity contribution in [2.45, 2.75) is 25.9 Å². The molecular weight excluding hydrogens is 298 g/mol. The van der Waals surface area contributed by atoms with E-state index in [1.807, 2.05) is 6.92 Å². The Labute approximate surface area is 115 Å². The molecule has 0 saturated carbocycles. The van der Waals surface area contributed by atoms with E-state index < -0.39 is 5.60 Å². The number of halogens is 1. The monoisotopic (exact) mass is 315 g/mol. The van der Waals surface area contributed by atoms with E-state index in [1.54, 1.807) is 32.2 Å². The van der Waals surface area contributed by atoms with Crippen LogP contribution in [0.25, 0.3) is 0 Å². The third-order valence-electron chi connectivity index (χ3n) is 2.81. The van der Waals surface area contributed by atoms with Crippen molar-refractivity contribution in [1.29, 1.82) is 0 Å². The number of benzene rings is 1. The highest BCUT2D eigenvalue weighted by Gasteiger charge is 2.19. The van der Waals surface area contributed by atoms with Gasteiger partial charge in [0, 0.05) is 12.1 Å². The van der Waals surface area contributed by atoms with Crippen LogP contribution in [0.5, 0.6) is 5.75 Å². The summed E-state index contributed by atoms with van der Waals surface area (Å²) in [4.78, 5) is 11.9. The number of hydrogen-bond acceptors (Lipinski definition) is 3. The summed E-state index contributed by atoms with van der Waals surface area (Å²) in [5.41, 5.74) is -0.353. The average molecular weight is 316 g/mol. The van der Waals surface area contributed by atoms with Gasteiger partial charge in [-0.3, -0.25) is 4.79 Å². The summed E-state index contributed by atoms with van der Waals surface area (Å²) < 4.78 is 5.81. The van der Waals surface area contributed by atoms with Crippen molar-refractivity contribution in [2.75, 3.05) is 13.7 Å². The molecule has 0 saturated heterocycles. The van der Waals surface area contributed by atoms with Gasteiger partial charge in [0.15, 0.2) is 0 Å². The number of methoxy groups -OCH3 is 1. The minimum absolute atomic E-state index is 0.216. The van der Waals surface area contributed by atoms with Crippen LogP contribution >= 0.6 is 15.9 Å². The number of carbonyl (C=O) groups is 1. The van der Waals surface area contributed by atoms with E-state index in [9.17, 15) is 9.90 Å². The number of hydrogen-bond donors (Lipinski definition) is 2. The first kappa shape index (κ1) is 15.0. The maximum atomic E-state index is 11.9. The Balaban J connectivity index is 2.71. The molecule has 0 aliphatic rings. The Bertz CT molecular complexity index is 432. The summed E-state index contributed by atoms with van der Waals surface area (Å²) >= 11 is 3.33. The molecule has 100 valence electrons. The molecule has 1 atom stereocenters. The van der Waals surface area contributed by atoms with Crippen LogP contribution in [0.2, 0.25) is 0 Å². The number of rotatable bonds is 5. The van der Waals surface area contributed by atoms with E-state index in [-0.39, 0.29) is 12.5 Å². The van der Waals surface area contributed by atoms with Crippen LogP contribution in [0.4, 0.5) is 0 Å². The maximum absolute atomic E-state index is 11.9. The lowest BCUT2D eigenvalue weighted by atomic mass is 10.0. The van der Waals surface area contributed by atoms with Crippen molar-refractivity contribution in [3.8, 4) is 5.75 Å². The topological polar surface area (TPSA) is 58.6 Å². The second-order valence-corrected chi connectivity index (χ2v) is 5.24. The molecule has 0 bridgehead atoms. The smallest absolute Gasteiger partial charge is 0.251 e. The average Bonchev–Trinajstić information content (AvgIpc) is 2.36. The van der Waals surface area contributed by atoms with Gasteiger partial charge in [0.25, 0.3) is 5.91 Å². The van der Waals surface area contributed by atoms with Crippen molar-refractivity contribution >= 4 is 21.8 Å². The van der Waals surface area contributed by atoms with Crippen molar-refractivity contribution in [3.63, 3.8) is 0 Å². The van der Waals surface area contributed by atoms with Crippen LogP contribution in [0.3, 0.4) is 0 Å². The summed E-state index contributed by atoms with van der Waals surface area (Å²) in [7, 11) is 1.57. The van der Waals surface area contributed by atoms with Crippen LogP contribution in [-0.4, -0.2) is 30.3 Å². The Hall–Kier alpha value is -1.07. The molecule has 5 heteroatoms. The first-order valence-corrected chi connectivity index (χ1v) is 6.53. The SMILES string of the molecule is CCC(C)(O)CNC(=O)c1ccc(OC)c(Br)c1. The van der Waals surface area contributed by atoms with E-state index >= 15 is 0 Å². The molecule has 0 heterocycles. The zero-order valence-electron chi connectivity index (χ0n) is 10.8. The largest absolute Gasteiger partial charge is 0.496 e. The summed E-state index contributed by atoms with van der Waals surface area (Å²) in [6.45, 7) is 3.79. The van der Waals surface area contributed by atoms with Crippen molar-refractivity contribution < 1.29 is 14.6 Å². The Morgan fingerprint density at radius 3 is 2.72 bits per heavy atom. The number of aliphatic hydroxyl groups is 1. The Morgan fingerprint density at radius 2 is 2.22 bits per heavy atom. The predicted octanol–water partition coefficient (Wildman–Crippen LogP) is 2.35. The molecule has 0 aliphatic heterocycles. The number of nitrogens with one attached hydrogen (secondary N) is 1. The third kappa shape index (κ3) is 3.99. The zero-order chi connectivity index (χ0) is 13.8. The van der Waals surface area contributed by atoms with Gasteiger partial charge in [-0.2, -0.15) is 0 Å².